The standard InChI is InChI=1S/C24H16F6N6O2S/c25-23(26,27)37-19-9-5-17(6-10-19)33-22(39)34-32-13-15-1-3-16(4-2-15)21-31-14-36(35-21)18-7-11-20(12-8-18)38-24(28,29)30/h1-14H,(H2,33,34,39)/b32-13+. The molecule has 0 fully saturated rings. The van der Waals surface area contributed by atoms with E-state index in [4.69, 9.17) is 12.2 Å². The lowest BCUT2D eigenvalue weighted by atomic mass is 10.1. The molecule has 0 spiro atoms. The molecule has 0 amide bonds. The summed E-state index contributed by atoms with van der Waals surface area (Å²) in [6.07, 6.45) is -6.62. The Kier molecular flexibility index (Phi) is 7.99. The highest BCUT2D eigenvalue weighted by Crippen LogP contribution is 2.25. The maximum Gasteiger partial charge on any atom is 0.573 e. The van der Waals surface area contributed by atoms with Crippen LogP contribution in [0.15, 0.2) is 84.2 Å². The van der Waals surface area contributed by atoms with Crippen LogP contribution in [-0.4, -0.2) is 38.8 Å². The first kappa shape index (κ1) is 27.4. The van der Waals surface area contributed by atoms with Gasteiger partial charge in [-0.05, 0) is 66.3 Å². The first-order valence-corrected chi connectivity index (χ1v) is 11.2. The number of anilines is 1. The molecule has 1 aromatic heterocycles. The summed E-state index contributed by atoms with van der Waals surface area (Å²) in [7, 11) is 0. The third kappa shape index (κ3) is 8.43. The van der Waals surface area contributed by atoms with Crippen LogP contribution in [0.25, 0.3) is 17.1 Å². The number of hydrazone groups is 1. The molecule has 4 rings (SSSR count). The molecule has 0 radical (unpaired) electrons. The fourth-order valence-corrected chi connectivity index (χ4v) is 3.27. The molecule has 15 heteroatoms. The van der Waals surface area contributed by atoms with Gasteiger partial charge in [0.25, 0.3) is 0 Å². The molecule has 0 saturated carbocycles. The average Bonchev–Trinajstić information content (AvgIpc) is 3.35. The zero-order chi connectivity index (χ0) is 28.0. The van der Waals surface area contributed by atoms with Crippen molar-refractivity contribution in [2.24, 2.45) is 5.10 Å². The number of hydrogen-bond acceptors (Lipinski definition) is 6. The van der Waals surface area contributed by atoms with E-state index >= 15 is 0 Å². The highest BCUT2D eigenvalue weighted by atomic mass is 32.1. The fourth-order valence-electron chi connectivity index (χ4n) is 3.10. The van der Waals surface area contributed by atoms with Crippen molar-refractivity contribution in [2.45, 2.75) is 12.7 Å². The number of aromatic nitrogens is 3. The van der Waals surface area contributed by atoms with Gasteiger partial charge in [0.15, 0.2) is 10.9 Å². The Morgan fingerprint density at radius 3 is 1.95 bits per heavy atom. The maximum atomic E-state index is 12.3. The quantitative estimate of drug-likeness (QED) is 0.122. The van der Waals surface area contributed by atoms with Gasteiger partial charge in [-0.1, -0.05) is 24.3 Å². The molecular weight excluding hydrogens is 550 g/mol. The van der Waals surface area contributed by atoms with Gasteiger partial charge in [0.1, 0.15) is 17.8 Å². The summed E-state index contributed by atoms with van der Waals surface area (Å²) in [5.41, 5.74) is 4.92. The van der Waals surface area contributed by atoms with Gasteiger partial charge in [-0.15, -0.1) is 31.4 Å². The number of alkyl halides is 6. The van der Waals surface area contributed by atoms with Gasteiger partial charge >= 0.3 is 12.7 Å². The molecule has 2 N–H and O–H groups in total. The number of rotatable bonds is 7. The normalized spacial score (nSPS) is 11.8. The van der Waals surface area contributed by atoms with E-state index < -0.39 is 12.7 Å². The van der Waals surface area contributed by atoms with E-state index in [0.29, 0.717) is 28.3 Å². The number of nitrogens with zero attached hydrogens (tertiary/aromatic N) is 4. The van der Waals surface area contributed by atoms with Crippen molar-refractivity contribution >= 4 is 29.2 Å². The van der Waals surface area contributed by atoms with Crippen LogP contribution in [0.2, 0.25) is 0 Å². The van der Waals surface area contributed by atoms with Crippen LogP contribution < -0.4 is 20.2 Å². The van der Waals surface area contributed by atoms with E-state index in [2.05, 4.69) is 35.4 Å². The van der Waals surface area contributed by atoms with Crippen LogP contribution in [0.5, 0.6) is 11.5 Å². The molecule has 3 aromatic carbocycles. The van der Waals surface area contributed by atoms with Gasteiger partial charge in [0.2, 0.25) is 0 Å². The Morgan fingerprint density at radius 2 is 1.38 bits per heavy atom. The molecule has 8 nitrogen and oxygen atoms in total. The van der Waals surface area contributed by atoms with E-state index in [-0.39, 0.29) is 16.6 Å². The van der Waals surface area contributed by atoms with Crippen molar-refractivity contribution in [2.75, 3.05) is 5.32 Å². The van der Waals surface area contributed by atoms with Gasteiger partial charge in [-0.2, -0.15) is 5.10 Å². The maximum absolute atomic E-state index is 12.3. The molecule has 0 saturated heterocycles. The van der Waals surface area contributed by atoms with Crippen molar-refractivity contribution in [1.82, 2.24) is 20.2 Å². The van der Waals surface area contributed by atoms with Crippen LogP contribution in [0.4, 0.5) is 32.0 Å². The second-order valence-corrected chi connectivity index (χ2v) is 7.98. The lowest BCUT2D eigenvalue weighted by molar-refractivity contribution is -0.275. The number of benzene rings is 3. The second-order valence-electron chi connectivity index (χ2n) is 7.57. The van der Waals surface area contributed by atoms with Crippen LogP contribution in [0.3, 0.4) is 0 Å². The molecule has 4 aromatic rings. The Bertz CT molecular complexity index is 1440. The summed E-state index contributed by atoms with van der Waals surface area (Å²) in [4.78, 5) is 4.23. The predicted molar refractivity (Wildman–Crippen MR) is 134 cm³/mol. The molecular formula is C24H16F6N6O2S. The molecule has 1 heterocycles. The number of halogens is 6. The minimum absolute atomic E-state index is 0.111. The van der Waals surface area contributed by atoms with E-state index in [1.54, 1.807) is 24.3 Å². The zero-order valence-electron chi connectivity index (χ0n) is 19.4. The number of ether oxygens (including phenoxy) is 2. The van der Waals surface area contributed by atoms with Gasteiger partial charge < -0.3 is 14.8 Å². The third-order valence-corrected chi connectivity index (χ3v) is 4.91. The molecule has 0 atom stereocenters. The van der Waals surface area contributed by atoms with E-state index in [1.165, 1.54) is 53.6 Å². The van der Waals surface area contributed by atoms with Crippen LogP contribution in [-0.2, 0) is 0 Å². The molecule has 0 unspecified atom stereocenters. The third-order valence-electron chi connectivity index (χ3n) is 4.72. The van der Waals surface area contributed by atoms with Gasteiger partial charge in [0, 0.05) is 11.3 Å². The molecule has 0 aliphatic heterocycles. The first-order valence-electron chi connectivity index (χ1n) is 10.8. The summed E-state index contributed by atoms with van der Waals surface area (Å²) >= 11 is 5.11. The minimum atomic E-state index is -4.77. The van der Waals surface area contributed by atoms with Crippen LogP contribution in [0.1, 0.15) is 5.56 Å². The largest absolute Gasteiger partial charge is 0.573 e. The topological polar surface area (TPSA) is 85.6 Å². The molecule has 202 valence electrons. The summed E-state index contributed by atoms with van der Waals surface area (Å²) in [5, 5.41) is 11.2. The summed E-state index contributed by atoms with van der Waals surface area (Å²) in [6.45, 7) is 0. The predicted octanol–water partition coefficient (Wildman–Crippen LogP) is 6.05. The van der Waals surface area contributed by atoms with Crippen molar-refractivity contribution < 1.29 is 35.8 Å². The Balaban J connectivity index is 1.30. The molecule has 39 heavy (non-hydrogen) atoms. The number of nitrogens with one attached hydrogen (secondary N) is 2. The van der Waals surface area contributed by atoms with E-state index in [9.17, 15) is 26.3 Å². The zero-order valence-corrected chi connectivity index (χ0v) is 20.2. The summed E-state index contributed by atoms with van der Waals surface area (Å²) in [5.74, 6) is -0.309. The monoisotopic (exact) mass is 566 g/mol. The Labute approximate surface area is 221 Å². The highest BCUT2D eigenvalue weighted by molar-refractivity contribution is 7.80. The van der Waals surface area contributed by atoms with Gasteiger partial charge in [-0.25, -0.2) is 9.67 Å². The Morgan fingerprint density at radius 1 is 0.821 bits per heavy atom. The van der Waals surface area contributed by atoms with Crippen molar-refractivity contribution in [3.63, 3.8) is 0 Å². The van der Waals surface area contributed by atoms with Gasteiger partial charge in [-0.3, -0.25) is 5.43 Å². The SMILES string of the molecule is FC(F)(F)Oc1ccc(NC(=S)N/N=C/c2ccc(-c3ncn(-c4ccc(OC(F)(F)F)cc4)n3)cc2)cc1. The number of thiocarbonyl (C=S) groups is 1. The van der Waals surface area contributed by atoms with Gasteiger partial charge in [0.05, 0.1) is 11.9 Å². The smallest absolute Gasteiger partial charge is 0.406 e. The van der Waals surface area contributed by atoms with Crippen molar-refractivity contribution in [3.8, 4) is 28.6 Å². The first-order chi connectivity index (χ1) is 18.4. The van der Waals surface area contributed by atoms with Crippen molar-refractivity contribution in [1.29, 1.82) is 0 Å². The van der Waals surface area contributed by atoms with Crippen molar-refractivity contribution in [3.05, 3.63) is 84.7 Å². The molecule has 0 aliphatic carbocycles. The highest BCUT2D eigenvalue weighted by Gasteiger charge is 2.31. The second kappa shape index (κ2) is 11.4. The molecule has 0 bridgehead atoms. The van der Waals surface area contributed by atoms with E-state index in [1.807, 2.05) is 0 Å². The lowest BCUT2D eigenvalue weighted by Crippen LogP contribution is -2.23. The lowest BCUT2D eigenvalue weighted by Gasteiger charge is -2.10. The summed E-state index contributed by atoms with van der Waals surface area (Å²) in [6, 6.07) is 17.2. The fraction of sp³-hybridized carbons (Fsp3) is 0.0833. The average molecular weight is 566 g/mol. The van der Waals surface area contributed by atoms with E-state index in [0.717, 1.165) is 12.1 Å². The Hall–Kier alpha value is -4.66. The molecule has 0 aliphatic rings. The number of hydrogen-bond donors (Lipinski definition) is 2. The summed E-state index contributed by atoms with van der Waals surface area (Å²) < 4.78 is 82.7. The van der Waals surface area contributed by atoms with Crippen LogP contribution >= 0.6 is 12.2 Å². The minimum Gasteiger partial charge on any atom is -0.406 e. The van der Waals surface area contributed by atoms with Crippen LogP contribution in [0, 0.1) is 0 Å².